The second kappa shape index (κ2) is 8.28. The van der Waals surface area contributed by atoms with E-state index in [0.29, 0.717) is 24.5 Å². The van der Waals surface area contributed by atoms with Crippen LogP contribution in [0.4, 0.5) is 0 Å². The summed E-state index contributed by atoms with van der Waals surface area (Å²) in [5, 5.41) is 13.1. The highest BCUT2D eigenvalue weighted by Gasteiger charge is 2.34. The highest BCUT2D eigenvalue weighted by atomic mass is 16.3. The van der Waals surface area contributed by atoms with Crippen LogP contribution in [0.1, 0.15) is 24.0 Å². The summed E-state index contributed by atoms with van der Waals surface area (Å²) in [6.07, 6.45) is 4.32. The predicted molar refractivity (Wildman–Crippen MR) is 95.4 cm³/mol. The van der Waals surface area contributed by atoms with Crippen molar-refractivity contribution in [2.75, 3.05) is 13.2 Å². The summed E-state index contributed by atoms with van der Waals surface area (Å²) < 4.78 is 0. The number of hydrogen-bond donors (Lipinski definition) is 2. The molecule has 3 atom stereocenters. The maximum Gasteiger partial charge on any atom is 0.0434 e. The van der Waals surface area contributed by atoms with Gasteiger partial charge in [-0.25, -0.2) is 0 Å². The SMILES string of the molecule is OCCC1CNC(Cc2ccccc2)C1CCc1ccccc1. The first-order valence-electron chi connectivity index (χ1n) is 8.79. The second-order valence-electron chi connectivity index (χ2n) is 6.66. The molecule has 3 rings (SSSR count). The molecule has 1 aliphatic rings. The Labute approximate surface area is 139 Å². The summed E-state index contributed by atoms with van der Waals surface area (Å²) in [5.74, 6) is 1.24. The largest absolute Gasteiger partial charge is 0.396 e. The van der Waals surface area contributed by atoms with Gasteiger partial charge in [0.25, 0.3) is 0 Å². The minimum atomic E-state index is 0.298. The van der Waals surface area contributed by atoms with E-state index >= 15 is 0 Å². The topological polar surface area (TPSA) is 32.3 Å². The van der Waals surface area contributed by atoms with Gasteiger partial charge >= 0.3 is 0 Å². The van der Waals surface area contributed by atoms with Gasteiger partial charge in [0, 0.05) is 12.6 Å². The molecule has 1 heterocycles. The van der Waals surface area contributed by atoms with Gasteiger partial charge in [-0.15, -0.1) is 0 Å². The third-order valence-corrected chi connectivity index (χ3v) is 5.17. The van der Waals surface area contributed by atoms with Gasteiger partial charge in [-0.1, -0.05) is 60.7 Å². The minimum absolute atomic E-state index is 0.298. The number of benzene rings is 2. The van der Waals surface area contributed by atoms with Crippen LogP contribution in [0.25, 0.3) is 0 Å². The molecule has 1 aliphatic heterocycles. The molecule has 0 aliphatic carbocycles. The number of aliphatic hydroxyl groups is 1. The lowest BCUT2D eigenvalue weighted by atomic mass is 9.82. The standard InChI is InChI=1S/C21H27NO/c23-14-13-19-16-22-21(15-18-9-5-2-6-10-18)20(19)12-11-17-7-3-1-4-8-17/h1-10,19-23H,11-16H2. The maximum absolute atomic E-state index is 9.38. The molecule has 23 heavy (non-hydrogen) atoms. The molecule has 0 spiro atoms. The Bertz CT molecular complexity index is 569. The number of hydrogen-bond acceptors (Lipinski definition) is 2. The van der Waals surface area contributed by atoms with E-state index in [1.807, 2.05) is 0 Å². The van der Waals surface area contributed by atoms with Crippen LogP contribution in [0.2, 0.25) is 0 Å². The number of aliphatic hydroxyl groups excluding tert-OH is 1. The molecule has 2 aromatic rings. The van der Waals surface area contributed by atoms with Crippen LogP contribution >= 0.6 is 0 Å². The first-order valence-corrected chi connectivity index (χ1v) is 8.79. The van der Waals surface area contributed by atoms with Gasteiger partial charge in [0.2, 0.25) is 0 Å². The van der Waals surface area contributed by atoms with Crippen LogP contribution in [-0.2, 0) is 12.8 Å². The zero-order chi connectivity index (χ0) is 15.9. The van der Waals surface area contributed by atoms with E-state index in [0.717, 1.165) is 25.8 Å². The lowest BCUT2D eigenvalue weighted by Crippen LogP contribution is -2.30. The molecule has 1 saturated heterocycles. The number of aryl methyl sites for hydroxylation is 1. The monoisotopic (exact) mass is 309 g/mol. The summed E-state index contributed by atoms with van der Waals surface area (Å²) in [6.45, 7) is 1.34. The molecule has 2 N–H and O–H groups in total. The lowest BCUT2D eigenvalue weighted by Gasteiger charge is -2.24. The third-order valence-electron chi connectivity index (χ3n) is 5.17. The van der Waals surface area contributed by atoms with E-state index in [1.54, 1.807) is 0 Å². The van der Waals surface area contributed by atoms with Crippen molar-refractivity contribution in [2.24, 2.45) is 11.8 Å². The average molecular weight is 309 g/mol. The normalized spacial score (nSPS) is 24.0. The van der Waals surface area contributed by atoms with E-state index in [9.17, 15) is 5.11 Å². The summed E-state index contributed by atoms with van der Waals surface area (Å²) >= 11 is 0. The molecule has 2 nitrogen and oxygen atoms in total. The average Bonchev–Trinajstić information content (AvgIpc) is 2.97. The molecular formula is C21H27NO. The van der Waals surface area contributed by atoms with Gasteiger partial charge in [-0.2, -0.15) is 0 Å². The van der Waals surface area contributed by atoms with Crippen molar-refractivity contribution >= 4 is 0 Å². The molecule has 3 unspecified atom stereocenters. The molecule has 1 fully saturated rings. The quantitative estimate of drug-likeness (QED) is 0.821. The highest BCUT2D eigenvalue weighted by molar-refractivity contribution is 5.18. The van der Waals surface area contributed by atoms with Crippen LogP contribution in [0.15, 0.2) is 60.7 Å². The molecule has 0 saturated carbocycles. The fourth-order valence-corrected chi connectivity index (χ4v) is 3.92. The van der Waals surface area contributed by atoms with Gasteiger partial charge in [0.1, 0.15) is 0 Å². The van der Waals surface area contributed by atoms with E-state index in [2.05, 4.69) is 66.0 Å². The Morgan fingerprint density at radius 2 is 1.52 bits per heavy atom. The van der Waals surface area contributed by atoms with Gasteiger partial charge < -0.3 is 10.4 Å². The fraction of sp³-hybridized carbons (Fsp3) is 0.429. The number of nitrogens with one attached hydrogen (secondary N) is 1. The minimum Gasteiger partial charge on any atom is -0.396 e. The first kappa shape index (κ1) is 16.2. The summed E-state index contributed by atoms with van der Waals surface area (Å²) in [4.78, 5) is 0. The first-order chi connectivity index (χ1) is 11.4. The molecule has 0 aromatic heterocycles. The smallest absolute Gasteiger partial charge is 0.0434 e. The van der Waals surface area contributed by atoms with Crippen molar-refractivity contribution in [1.82, 2.24) is 5.32 Å². The van der Waals surface area contributed by atoms with Crippen LogP contribution in [0.3, 0.4) is 0 Å². The van der Waals surface area contributed by atoms with Crippen molar-refractivity contribution < 1.29 is 5.11 Å². The Balaban J connectivity index is 1.65. The van der Waals surface area contributed by atoms with Crippen molar-refractivity contribution in [3.63, 3.8) is 0 Å². The van der Waals surface area contributed by atoms with E-state index in [4.69, 9.17) is 0 Å². The molecule has 2 heteroatoms. The summed E-state index contributed by atoms with van der Waals surface area (Å²) in [6, 6.07) is 22.0. The molecule has 122 valence electrons. The van der Waals surface area contributed by atoms with Gasteiger partial charge in [-0.3, -0.25) is 0 Å². The fourth-order valence-electron chi connectivity index (χ4n) is 3.92. The van der Waals surface area contributed by atoms with Crippen molar-refractivity contribution in [3.8, 4) is 0 Å². The van der Waals surface area contributed by atoms with Crippen LogP contribution in [-0.4, -0.2) is 24.3 Å². The van der Waals surface area contributed by atoms with Crippen molar-refractivity contribution in [3.05, 3.63) is 71.8 Å². The second-order valence-corrected chi connectivity index (χ2v) is 6.66. The van der Waals surface area contributed by atoms with Gasteiger partial charge in [-0.05, 0) is 55.2 Å². The van der Waals surface area contributed by atoms with Crippen LogP contribution in [0.5, 0.6) is 0 Å². The zero-order valence-electron chi connectivity index (χ0n) is 13.7. The molecular weight excluding hydrogens is 282 g/mol. The Kier molecular flexibility index (Phi) is 5.84. The lowest BCUT2D eigenvalue weighted by molar-refractivity contribution is 0.229. The Hall–Kier alpha value is -1.64. The third kappa shape index (κ3) is 4.43. The maximum atomic E-state index is 9.38. The Morgan fingerprint density at radius 3 is 2.17 bits per heavy atom. The zero-order valence-corrected chi connectivity index (χ0v) is 13.7. The van der Waals surface area contributed by atoms with E-state index in [1.165, 1.54) is 17.5 Å². The summed E-state index contributed by atoms with van der Waals surface area (Å²) in [7, 11) is 0. The van der Waals surface area contributed by atoms with E-state index < -0.39 is 0 Å². The number of rotatable bonds is 7. The van der Waals surface area contributed by atoms with Crippen molar-refractivity contribution in [1.29, 1.82) is 0 Å². The van der Waals surface area contributed by atoms with Crippen LogP contribution in [0, 0.1) is 11.8 Å². The van der Waals surface area contributed by atoms with Crippen molar-refractivity contribution in [2.45, 2.75) is 31.7 Å². The van der Waals surface area contributed by atoms with E-state index in [-0.39, 0.29) is 0 Å². The van der Waals surface area contributed by atoms with Crippen LogP contribution < -0.4 is 5.32 Å². The highest BCUT2D eigenvalue weighted by Crippen LogP contribution is 2.31. The molecule has 0 radical (unpaired) electrons. The van der Waals surface area contributed by atoms with Gasteiger partial charge in [0.15, 0.2) is 0 Å². The summed E-state index contributed by atoms with van der Waals surface area (Å²) in [5.41, 5.74) is 2.82. The molecule has 0 bridgehead atoms. The Morgan fingerprint density at radius 1 is 0.870 bits per heavy atom. The molecule has 2 aromatic carbocycles. The predicted octanol–water partition coefficient (Wildman–Crippen LogP) is 3.45. The van der Waals surface area contributed by atoms with Gasteiger partial charge in [0.05, 0.1) is 0 Å². The molecule has 0 amide bonds.